The van der Waals surface area contributed by atoms with E-state index in [0.29, 0.717) is 5.92 Å². The molecule has 0 aliphatic carbocycles. The first kappa shape index (κ1) is 15.0. The quantitative estimate of drug-likeness (QED) is 0.639. The van der Waals surface area contributed by atoms with Crippen molar-refractivity contribution in [2.24, 2.45) is 5.92 Å². The van der Waals surface area contributed by atoms with Crippen LogP contribution in [0.3, 0.4) is 0 Å². The Morgan fingerprint density at radius 1 is 1.10 bits per heavy atom. The molecular weight excluding hydrogens is 264 g/mol. The van der Waals surface area contributed by atoms with Gasteiger partial charge in [-0.1, -0.05) is 44.2 Å². The van der Waals surface area contributed by atoms with Crippen molar-refractivity contribution in [1.29, 1.82) is 0 Å². The number of rotatable bonds is 5. The van der Waals surface area contributed by atoms with E-state index >= 15 is 0 Å². The Balaban J connectivity index is 2.28. The lowest BCUT2D eigenvalue weighted by Gasteiger charge is -2.25. The van der Waals surface area contributed by atoms with Gasteiger partial charge >= 0.3 is 0 Å². The Hall–Kier alpha value is -2.36. The molecule has 4 heteroatoms. The summed E-state index contributed by atoms with van der Waals surface area (Å²) in [6.45, 7) is 6.20. The molecule has 0 aromatic heterocycles. The van der Waals surface area contributed by atoms with Crippen LogP contribution in [0, 0.1) is 23.0 Å². The van der Waals surface area contributed by atoms with Gasteiger partial charge in [-0.2, -0.15) is 0 Å². The number of nitro benzene ring substituents is 1. The molecule has 2 aromatic carbocycles. The number of anilines is 1. The Kier molecular flexibility index (Phi) is 4.58. The molecule has 0 saturated heterocycles. The van der Waals surface area contributed by atoms with Gasteiger partial charge in [0.15, 0.2) is 0 Å². The Bertz CT molecular complexity index is 624. The zero-order valence-corrected chi connectivity index (χ0v) is 12.5. The van der Waals surface area contributed by atoms with E-state index in [1.165, 1.54) is 11.6 Å². The number of nitrogens with one attached hydrogen (secondary N) is 1. The maximum atomic E-state index is 10.8. The number of hydrogen-bond acceptors (Lipinski definition) is 3. The number of nitrogens with zero attached hydrogens (tertiary/aromatic N) is 1. The maximum absolute atomic E-state index is 10.8. The predicted molar refractivity (Wildman–Crippen MR) is 85.5 cm³/mol. The summed E-state index contributed by atoms with van der Waals surface area (Å²) < 4.78 is 0. The van der Waals surface area contributed by atoms with Gasteiger partial charge in [-0.25, -0.2) is 0 Å². The van der Waals surface area contributed by atoms with E-state index in [1.54, 1.807) is 12.1 Å². The SMILES string of the molecule is Cc1cc([N+](=O)[O-])ccc1NC(c1ccccc1)C(C)C. The number of non-ortho nitro benzene ring substituents is 1. The molecule has 1 unspecified atom stereocenters. The molecule has 1 atom stereocenters. The van der Waals surface area contributed by atoms with Crippen molar-refractivity contribution >= 4 is 11.4 Å². The van der Waals surface area contributed by atoms with E-state index < -0.39 is 0 Å². The highest BCUT2D eigenvalue weighted by Gasteiger charge is 2.17. The fourth-order valence-corrected chi connectivity index (χ4v) is 2.39. The van der Waals surface area contributed by atoms with E-state index in [9.17, 15) is 10.1 Å². The second-order valence-electron chi connectivity index (χ2n) is 5.53. The van der Waals surface area contributed by atoms with Crippen molar-refractivity contribution in [2.75, 3.05) is 5.32 Å². The van der Waals surface area contributed by atoms with Crippen LogP contribution in [0.4, 0.5) is 11.4 Å². The average molecular weight is 284 g/mol. The average Bonchev–Trinajstić information content (AvgIpc) is 2.46. The Morgan fingerprint density at radius 2 is 1.76 bits per heavy atom. The van der Waals surface area contributed by atoms with Crippen LogP contribution >= 0.6 is 0 Å². The van der Waals surface area contributed by atoms with Gasteiger partial charge in [0.05, 0.1) is 11.0 Å². The highest BCUT2D eigenvalue weighted by atomic mass is 16.6. The number of benzene rings is 2. The van der Waals surface area contributed by atoms with Crippen molar-refractivity contribution in [3.63, 3.8) is 0 Å². The molecule has 0 aliphatic heterocycles. The summed E-state index contributed by atoms with van der Waals surface area (Å²) in [7, 11) is 0. The molecule has 2 rings (SSSR count). The molecule has 0 fully saturated rings. The highest BCUT2D eigenvalue weighted by Crippen LogP contribution is 2.29. The van der Waals surface area contributed by atoms with Gasteiger partial charge in [-0.15, -0.1) is 0 Å². The van der Waals surface area contributed by atoms with E-state index in [1.807, 2.05) is 25.1 Å². The fraction of sp³-hybridized carbons (Fsp3) is 0.294. The van der Waals surface area contributed by atoms with E-state index in [0.717, 1.165) is 11.3 Å². The largest absolute Gasteiger partial charge is 0.378 e. The molecule has 0 bridgehead atoms. The molecule has 1 N–H and O–H groups in total. The lowest BCUT2D eigenvalue weighted by molar-refractivity contribution is -0.384. The first-order valence-electron chi connectivity index (χ1n) is 7.05. The van der Waals surface area contributed by atoms with Crippen LogP contribution in [-0.2, 0) is 0 Å². The number of hydrogen-bond donors (Lipinski definition) is 1. The number of nitro groups is 1. The minimum absolute atomic E-state index is 0.124. The second-order valence-corrected chi connectivity index (χ2v) is 5.53. The zero-order valence-electron chi connectivity index (χ0n) is 12.5. The third-order valence-electron chi connectivity index (χ3n) is 3.56. The lowest BCUT2D eigenvalue weighted by atomic mass is 9.95. The fourth-order valence-electron chi connectivity index (χ4n) is 2.39. The van der Waals surface area contributed by atoms with E-state index in [2.05, 4.69) is 31.3 Å². The van der Waals surface area contributed by atoms with Gasteiger partial charge in [0.25, 0.3) is 5.69 Å². The minimum atomic E-state index is -0.367. The topological polar surface area (TPSA) is 55.2 Å². The highest BCUT2D eigenvalue weighted by molar-refractivity contribution is 5.56. The van der Waals surface area contributed by atoms with Crippen molar-refractivity contribution in [3.05, 3.63) is 69.8 Å². The third-order valence-corrected chi connectivity index (χ3v) is 3.56. The molecule has 110 valence electrons. The molecule has 21 heavy (non-hydrogen) atoms. The van der Waals surface area contributed by atoms with Crippen molar-refractivity contribution in [1.82, 2.24) is 0 Å². The van der Waals surface area contributed by atoms with Crippen molar-refractivity contribution in [3.8, 4) is 0 Å². The normalized spacial score (nSPS) is 12.2. The first-order chi connectivity index (χ1) is 9.99. The zero-order chi connectivity index (χ0) is 15.4. The summed E-state index contributed by atoms with van der Waals surface area (Å²) in [5, 5.41) is 14.3. The van der Waals surface area contributed by atoms with Gasteiger partial charge in [-0.05, 0) is 30.0 Å². The monoisotopic (exact) mass is 284 g/mol. The molecular formula is C17H20N2O2. The van der Waals surface area contributed by atoms with Gasteiger partial charge in [-0.3, -0.25) is 10.1 Å². The molecule has 0 amide bonds. The van der Waals surface area contributed by atoms with Crippen LogP contribution < -0.4 is 5.32 Å². The van der Waals surface area contributed by atoms with E-state index in [4.69, 9.17) is 0 Å². The van der Waals surface area contributed by atoms with Gasteiger partial charge in [0.2, 0.25) is 0 Å². The molecule has 0 spiro atoms. The minimum Gasteiger partial charge on any atom is -0.378 e. The Morgan fingerprint density at radius 3 is 2.29 bits per heavy atom. The third kappa shape index (κ3) is 3.60. The first-order valence-corrected chi connectivity index (χ1v) is 7.05. The Labute approximate surface area is 125 Å². The van der Waals surface area contributed by atoms with Crippen LogP contribution in [0.5, 0.6) is 0 Å². The lowest BCUT2D eigenvalue weighted by Crippen LogP contribution is -2.17. The predicted octanol–water partition coefficient (Wildman–Crippen LogP) is 4.71. The summed E-state index contributed by atoms with van der Waals surface area (Å²) >= 11 is 0. The molecule has 0 heterocycles. The molecule has 0 saturated carbocycles. The van der Waals surface area contributed by atoms with Crippen LogP contribution in [0.25, 0.3) is 0 Å². The number of aryl methyl sites for hydroxylation is 1. The molecule has 4 nitrogen and oxygen atoms in total. The summed E-state index contributed by atoms with van der Waals surface area (Å²) in [6.07, 6.45) is 0. The molecule has 0 radical (unpaired) electrons. The smallest absolute Gasteiger partial charge is 0.269 e. The van der Waals surface area contributed by atoms with Crippen molar-refractivity contribution in [2.45, 2.75) is 26.8 Å². The molecule has 2 aromatic rings. The summed E-state index contributed by atoms with van der Waals surface area (Å²) in [5.74, 6) is 0.405. The van der Waals surface area contributed by atoms with Crippen LogP contribution in [0.2, 0.25) is 0 Å². The second kappa shape index (κ2) is 6.39. The van der Waals surface area contributed by atoms with Crippen LogP contribution in [0.15, 0.2) is 48.5 Å². The van der Waals surface area contributed by atoms with E-state index in [-0.39, 0.29) is 16.7 Å². The standard InChI is InChI=1S/C17H20N2O2/c1-12(2)17(14-7-5-4-6-8-14)18-16-10-9-15(19(20)21)11-13(16)3/h4-12,17-18H,1-3H3. The summed E-state index contributed by atoms with van der Waals surface area (Å²) in [5.41, 5.74) is 3.15. The van der Waals surface area contributed by atoms with Gasteiger partial charge in [0, 0.05) is 17.8 Å². The van der Waals surface area contributed by atoms with Gasteiger partial charge < -0.3 is 5.32 Å². The summed E-state index contributed by atoms with van der Waals surface area (Å²) in [6, 6.07) is 15.3. The summed E-state index contributed by atoms with van der Waals surface area (Å²) in [4.78, 5) is 10.4. The van der Waals surface area contributed by atoms with Crippen LogP contribution in [-0.4, -0.2) is 4.92 Å². The maximum Gasteiger partial charge on any atom is 0.269 e. The van der Waals surface area contributed by atoms with Crippen molar-refractivity contribution < 1.29 is 4.92 Å². The molecule has 0 aliphatic rings. The van der Waals surface area contributed by atoms with Gasteiger partial charge in [0.1, 0.15) is 0 Å². The van der Waals surface area contributed by atoms with Crippen LogP contribution in [0.1, 0.15) is 31.0 Å².